The van der Waals surface area contributed by atoms with Crippen molar-refractivity contribution in [1.82, 2.24) is 9.97 Å². The standard InChI is InChI=1S/C11H17N3O/c1-2-3-9-6-10(13-8-12-9)14-11(7-15)4-5-11/h6,8,15H,2-5,7H2,1H3,(H,12,13,14). The van der Waals surface area contributed by atoms with Gasteiger partial charge in [-0.3, -0.25) is 0 Å². The van der Waals surface area contributed by atoms with Crippen LogP contribution in [0.2, 0.25) is 0 Å². The summed E-state index contributed by atoms with van der Waals surface area (Å²) in [6, 6.07) is 1.97. The Morgan fingerprint density at radius 2 is 2.27 bits per heavy atom. The summed E-state index contributed by atoms with van der Waals surface area (Å²) in [6.07, 6.45) is 5.69. The van der Waals surface area contributed by atoms with Crippen LogP contribution >= 0.6 is 0 Å². The number of hydrogen-bond donors (Lipinski definition) is 2. The van der Waals surface area contributed by atoms with E-state index in [0.717, 1.165) is 37.2 Å². The zero-order valence-electron chi connectivity index (χ0n) is 9.03. The number of aliphatic hydroxyl groups is 1. The Hall–Kier alpha value is -1.16. The van der Waals surface area contributed by atoms with Gasteiger partial charge in [-0.2, -0.15) is 0 Å². The van der Waals surface area contributed by atoms with Gasteiger partial charge in [-0.15, -0.1) is 0 Å². The van der Waals surface area contributed by atoms with Crippen LogP contribution in [-0.2, 0) is 6.42 Å². The quantitative estimate of drug-likeness (QED) is 0.765. The minimum atomic E-state index is -0.0994. The highest BCUT2D eigenvalue weighted by Gasteiger charge is 2.42. The van der Waals surface area contributed by atoms with Crippen molar-refractivity contribution in [2.75, 3.05) is 11.9 Å². The van der Waals surface area contributed by atoms with E-state index in [2.05, 4.69) is 22.2 Å². The van der Waals surface area contributed by atoms with Gasteiger partial charge in [-0.1, -0.05) is 13.3 Å². The molecule has 1 fully saturated rings. The highest BCUT2D eigenvalue weighted by molar-refractivity contribution is 5.40. The molecule has 82 valence electrons. The van der Waals surface area contributed by atoms with Gasteiger partial charge < -0.3 is 10.4 Å². The molecule has 1 aromatic heterocycles. The van der Waals surface area contributed by atoms with Crippen LogP contribution in [0.15, 0.2) is 12.4 Å². The Morgan fingerprint density at radius 1 is 1.47 bits per heavy atom. The molecule has 1 heterocycles. The summed E-state index contributed by atoms with van der Waals surface area (Å²) in [4.78, 5) is 8.35. The lowest BCUT2D eigenvalue weighted by atomic mass is 10.2. The summed E-state index contributed by atoms with van der Waals surface area (Å²) in [6.45, 7) is 2.31. The molecule has 1 aliphatic carbocycles. The third-order valence-corrected chi connectivity index (χ3v) is 2.78. The molecule has 0 spiro atoms. The van der Waals surface area contributed by atoms with Crippen LogP contribution in [0.25, 0.3) is 0 Å². The second-order valence-electron chi connectivity index (χ2n) is 4.21. The largest absolute Gasteiger partial charge is 0.394 e. The fraction of sp³-hybridized carbons (Fsp3) is 0.636. The van der Waals surface area contributed by atoms with Crippen LogP contribution in [0.3, 0.4) is 0 Å². The number of hydrogen-bond acceptors (Lipinski definition) is 4. The molecular weight excluding hydrogens is 190 g/mol. The van der Waals surface area contributed by atoms with Crippen molar-refractivity contribution in [3.8, 4) is 0 Å². The average Bonchev–Trinajstić information content (AvgIpc) is 3.00. The molecule has 0 amide bonds. The molecule has 0 aromatic carbocycles. The Balaban J connectivity index is 2.05. The number of rotatable bonds is 5. The minimum Gasteiger partial charge on any atom is -0.394 e. The van der Waals surface area contributed by atoms with Crippen molar-refractivity contribution < 1.29 is 5.11 Å². The number of aryl methyl sites for hydroxylation is 1. The Morgan fingerprint density at radius 3 is 2.87 bits per heavy atom. The first-order valence-corrected chi connectivity index (χ1v) is 5.48. The van der Waals surface area contributed by atoms with Crippen LogP contribution in [0.5, 0.6) is 0 Å². The molecule has 4 heteroatoms. The number of nitrogens with one attached hydrogen (secondary N) is 1. The maximum atomic E-state index is 9.18. The SMILES string of the molecule is CCCc1cc(NC2(CO)CC2)ncn1. The maximum absolute atomic E-state index is 9.18. The molecule has 1 saturated carbocycles. The molecule has 0 aliphatic heterocycles. The highest BCUT2D eigenvalue weighted by atomic mass is 16.3. The average molecular weight is 207 g/mol. The molecule has 1 aromatic rings. The lowest BCUT2D eigenvalue weighted by Gasteiger charge is -2.14. The predicted molar refractivity (Wildman–Crippen MR) is 58.7 cm³/mol. The maximum Gasteiger partial charge on any atom is 0.130 e. The van der Waals surface area contributed by atoms with E-state index in [1.807, 2.05) is 6.07 Å². The highest BCUT2D eigenvalue weighted by Crippen LogP contribution is 2.37. The zero-order valence-corrected chi connectivity index (χ0v) is 9.03. The van der Waals surface area contributed by atoms with Crippen molar-refractivity contribution in [2.24, 2.45) is 0 Å². The number of aromatic nitrogens is 2. The Bertz CT molecular complexity index is 336. The zero-order chi connectivity index (χ0) is 10.7. The van der Waals surface area contributed by atoms with Crippen LogP contribution in [0, 0.1) is 0 Å². The molecule has 0 bridgehead atoms. The first kappa shape index (κ1) is 10.4. The van der Waals surface area contributed by atoms with Crippen molar-refractivity contribution in [1.29, 1.82) is 0 Å². The number of nitrogens with zero attached hydrogens (tertiary/aromatic N) is 2. The summed E-state index contributed by atoms with van der Waals surface area (Å²) in [5.41, 5.74) is 0.960. The van der Waals surface area contributed by atoms with E-state index in [-0.39, 0.29) is 12.1 Å². The smallest absolute Gasteiger partial charge is 0.130 e. The molecular formula is C11H17N3O. The Labute approximate surface area is 89.8 Å². The second kappa shape index (κ2) is 4.14. The van der Waals surface area contributed by atoms with E-state index in [4.69, 9.17) is 0 Å². The predicted octanol–water partition coefficient (Wildman–Crippen LogP) is 1.37. The third-order valence-electron chi connectivity index (χ3n) is 2.78. The molecule has 0 radical (unpaired) electrons. The number of anilines is 1. The van der Waals surface area contributed by atoms with Crippen LogP contribution < -0.4 is 5.32 Å². The summed E-state index contributed by atoms with van der Waals surface area (Å²) in [5.74, 6) is 0.833. The van der Waals surface area contributed by atoms with E-state index in [0.29, 0.717) is 0 Å². The molecule has 0 unspecified atom stereocenters. The molecule has 15 heavy (non-hydrogen) atoms. The third kappa shape index (κ3) is 2.45. The van der Waals surface area contributed by atoms with Gasteiger partial charge in [-0.25, -0.2) is 9.97 Å². The van der Waals surface area contributed by atoms with E-state index in [1.165, 1.54) is 0 Å². The molecule has 2 N–H and O–H groups in total. The molecule has 0 saturated heterocycles. The van der Waals surface area contributed by atoms with Gasteiger partial charge in [0.05, 0.1) is 12.1 Å². The van der Waals surface area contributed by atoms with Gasteiger partial charge in [0, 0.05) is 11.8 Å². The van der Waals surface area contributed by atoms with Crippen molar-refractivity contribution in [3.05, 3.63) is 18.1 Å². The summed E-state index contributed by atoms with van der Waals surface area (Å²) in [5, 5.41) is 12.5. The summed E-state index contributed by atoms with van der Waals surface area (Å²) in [7, 11) is 0. The van der Waals surface area contributed by atoms with Crippen LogP contribution in [0.4, 0.5) is 5.82 Å². The molecule has 1 aliphatic rings. The van der Waals surface area contributed by atoms with Gasteiger partial charge in [-0.05, 0) is 19.3 Å². The van der Waals surface area contributed by atoms with Gasteiger partial charge in [0.1, 0.15) is 12.1 Å². The van der Waals surface area contributed by atoms with Crippen LogP contribution in [-0.4, -0.2) is 27.2 Å². The first-order chi connectivity index (χ1) is 7.28. The van der Waals surface area contributed by atoms with E-state index in [9.17, 15) is 5.11 Å². The topological polar surface area (TPSA) is 58.0 Å². The van der Waals surface area contributed by atoms with Crippen molar-refractivity contribution in [3.63, 3.8) is 0 Å². The van der Waals surface area contributed by atoms with Crippen LogP contribution in [0.1, 0.15) is 31.9 Å². The number of aliphatic hydroxyl groups excluding tert-OH is 1. The van der Waals surface area contributed by atoms with E-state index < -0.39 is 0 Å². The second-order valence-corrected chi connectivity index (χ2v) is 4.21. The van der Waals surface area contributed by atoms with E-state index >= 15 is 0 Å². The van der Waals surface area contributed by atoms with E-state index in [1.54, 1.807) is 6.33 Å². The fourth-order valence-corrected chi connectivity index (χ4v) is 1.60. The van der Waals surface area contributed by atoms with Crippen molar-refractivity contribution in [2.45, 2.75) is 38.1 Å². The first-order valence-electron chi connectivity index (χ1n) is 5.48. The monoisotopic (exact) mass is 207 g/mol. The normalized spacial score (nSPS) is 17.5. The molecule has 0 atom stereocenters. The molecule has 4 nitrogen and oxygen atoms in total. The minimum absolute atomic E-state index is 0.0994. The fourth-order valence-electron chi connectivity index (χ4n) is 1.60. The van der Waals surface area contributed by atoms with Gasteiger partial charge in [0.15, 0.2) is 0 Å². The Kier molecular flexibility index (Phi) is 2.86. The van der Waals surface area contributed by atoms with Gasteiger partial charge >= 0.3 is 0 Å². The van der Waals surface area contributed by atoms with Crippen molar-refractivity contribution >= 4 is 5.82 Å². The molecule has 2 rings (SSSR count). The lowest BCUT2D eigenvalue weighted by molar-refractivity contribution is 0.266. The van der Waals surface area contributed by atoms with Gasteiger partial charge in [0.2, 0.25) is 0 Å². The summed E-state index contributed by atoms with van der Waals surface area (Å²) >= 11 is 0. The summed E-state index contributed by atoms with van der Waals surface area (Å²) < 4.78 is 0. The van der Waals surface area contributed by atoms with Gasteiger partial charge in [0.25, 0.3) is 0 Å². The lowest BCUT2D eigenvalue weighted by Crippen LogP contribution is -2.26.